The second-order valence-electron chi connectivity index (χ2n) is 9.72. The van der Waals surface area contributed by atoms with Gasteiger partial charge in [-0.1, -0.05) is 36.4 Å². The molecule has 5 rings (SSSR count). The molecule has 1 aromatic heterocycles. The minimum absolute atomic E-state index is 0.136. The van der Waals surface area contributed by atoms with E-state index in [4.69, 9.17) is 0 Å². The largest absolute Gasteiger partial charge is 0.504 e. The van der Waals surface area contributed by atoms with Gasteiger partial charge in [-0.2, -0.15) is 0 Å². The number of nitrogens with zero attached hydrogens (tertiary/aromatic N) is 3. The second kappa shape index (κ2) is 9.97. The number of aromatic hydroxyl groups is 2. The van der Waals surface area contributed by atoms with Gasteiger partial charge < -0.3 is 20.4 Å². The zero-order valence-corrected chi connectivity index (χ0v) is 21.2. The Morgan fingerprint density at radius 3 is 2.39 bits per heavy atom. The molecule has 0 saturated heterocycles. The summed E-state index contributed by atoms with van der Waals surface area (Å²) in [6.45, 7) is 2.45. The first kappa shape index (κ1) is 25.0. The van der Waals surface area contributed by atoms with Crippen LogP contribution >= 0.6 is 0 Å². The van der Waals surface area contributed by atoms with Crippen LogP contribution in [-0.4, -0.2) is 43.9 Å². The Morgan fingerprint density at radius 1 is 0.974 bits per heavy atom. The number of carbonyl (C=O) groups excluding carboxylic acids is 2. The van der Waals surface area contributed by atoms with E-state index in [0.29, 0.717) is 36.3 Å². The molecule has 0 aliphatic heterocycles. The van der Waals surface area contributed by atoms with E-state index in [1.165, 1.54) is 30.7 Å². The van der Waals surface area contributed by atoms with E-state index < -0.39 is 5.41 Å². The van der Waals surface area contributed by atoms with Crippen LogP contribution in [0.3, 0.4) is 0 Å². The number of nitrogens with one attached hydrogen (secondary N) is 1. The zero-order valence-electron chi connectivity index (χ0n) is 21.2. The van der Waals surface area contributed by atoms with Crippen LogP contribution in [0.4, 0.5) is 5.69 Å². The molecule has 1 aliphatic rings. The van der Waals surface area contributed by atoms with Crippen LogP contribution in [-0.2, 0) is 16.8 Å². The van der Waals surface area contributed by atoms with Crippen LogP contribution in [0.25, 0.3) is 11.1 Å². The van der Waals surface area contributed by atoms with Crippen molar-refractivity contribution in [2.45, 2.75) is 31.7 Å². The van der Waals surface area contributed by atoms with Crippen molar-refractivity contribution in [1.29, 1.82) is 0 Å². The molecule has 0 unspecified atom stereocenters. The Morgan fingerprint density at radius 2 is 1.74 bits per heavy atom. The average Bonchev–Trinajstić information content (AvgIpc) is 3.74. The third kappa shape index (κ3) is 4.93. The van der Waals surface area contributed by atoms with Crippen molar-refractivity contribution in [3.63, 3.8) is 0 Å². The first-order chi connectivity index (χ1) is 18.3. The van der Waals surface area contributed by atoms with Gasteiger partial charge in [-0.3, -0.25) is 14.6 Å². The van der Waals surface area contributed by atoms with Gasteiger partial charge in [0, 0.05) is 31.7 Å². The van der Waals surface area contributed by atoms with Crippen LogP contribution in [0, 0.1) is 6.92 Å². The fraction of sp³-hybridized carbons (Fsp3) is 0.200. The minimum Gasteiger partial charge on any atom is -0.504 e. The lowest BCUT2D eigenvalue weighted by molar-refractivity contribution is -0.118. The van der Waals surface area contributed by atoms with Gasteiger partial charge in [0.15, 0.2) is 11.5 Å². The number of rotatable bonds is 7. The number of hydrogen-bond donors (Lipinski definition) is 3. The molecule has 8 nitrogen and oxygen atoms in total. The molecule has 4 aromatic rings. The van der Waals surface area contributed by atoms with E-state index in [1.54, 1.807) is 18.0 Å². The summed E-state index contributed by atoms with van der Waals surface area (Å²) in [5, 5.41) is 22.6. The lowest BCUT2D eigenvalue weighted by Crippen LogP contribution is -2.27. The molecule has 1 aliphatic carbocycles. The quantitative estimate of drug-likeness (QED) is 0.309. The Hall–Kier alpha value is -4.72. The molecule has 1 fully saturated rings. The molecular formula is C30H28N4O4. The van der Waals surface area contributed by atoms with Crippen LogP contribution in [0.5, 0.6) is 11.5 Å². The predicted molar refractivity (Wildman–Crippen MR) is 144 cm³/mol. The standard InChI is InChI=1S/C30H28N4O4/c1-19-3-9-23(33-29(38)30(11-12-30)22-8-10-26(35)27(36)15-22)16-24(19)21-6-4-20(5-7-21)18-34(2)28(37)25-17-31-13-14-32-25/h3-10,13-17,35-36H,11-12,18H2,1-2H3,(H,33,38). The molecule has 0 radical (unpaired) electrons. The predicted octanol–water partition coefficient (Wildman–Crippen LogP) is 4.81. The smallest absolute Gasteiger partial charge is 0.274 e. The minimum atomic E-state index is -0.702. The summed E-state index contributed by atoms with van der Waals surface area (Å²) in [5.74, 6) is -0.768. The average molecular weight is 509 g/mol. The molecule has 8 heteroatoms. The van der Waals surface area contributed by atoms with Gasteiger partial charge >= 0.3 is 0 Å². The molecule has 192 valence electrons. The SMILES string of the molecule is Cc1ccc(NC(=O)C2(c3ccc(O)c(O)c3)CC2)cc1-c1ccc(CN(C)C(=O)c2cnccn2)cc1. The summed E-state index contributed by atoms with van der Waals surface area (Å²) < 4.78 is 0. The van der Waals surface area contributed by atoms with Gasteiger partial charge in [-0.05, 0) is 71.8 Å². The Kier molecular flexibility index (Phi) is 6.55. The highest BCUT2D eigenvalue weighted by molar-refractivity contribution is 6.02. The summed E-state index contributed by atoms with van der Waals surface area (Å²) in [5.41, 5.74) is 5.00. The number of aromatic nitrogens is 2. The monoisotopic (exact) mass is 508 g/mol. The van der Waals surface area contributed by atoms with Crippen LogP contribution in [0.1, 0.15) is 40.0 Å². The van der Waals surface area contributed by atoms with Crippen molar-refractivity contribution in [3.05, 3.63) is 102 Å². The van der Waals surface area contributed by atoms with Gasteiger partial charge in [0.05, 0.1) is 11.6 Å². The van der Waals surface area contributed by atoms with E-state index in [2.05, 4.69) is 15.3 Å². The molecule has 2 amide bonds. The maximum Gasteiger partial charge on any atom is 0.274 e. The zero-order chi connectivity index (χ0) is 26.9. The fourth-order valence-corrected chi connectivity index (χ4v) is 4.59. The molecule has 0 spiro atoms. The lowest BCUT2D eigenvalue weighted by atomic mass is 9.94. The summed E-state index contributed by atoms with van der Waals surface area (Å²) in [7, 11) is 1.73. The van der Waals surface area contributed by atoms with Crippen molar-refractivity contribution < 1.29 is 19.8 Å². The highest BCUT2D eigenvalue weighted by Crippen LogP contribution is 2.50. The molecule has 0 atom stereocenters. The van der Waals surface area contributed by atoms with Crippen LogP contribution < -0.4 is 5.32 Å². The molecule has 0 bridgehead atoms. The highest BCUT2D eigenvalue weighted by atomic mass is 16.3. The van der Waals surface area contributed by atoms with E-state index in [1.807, 2.05) is 49.4 Å². The Bertz CT molecular complexity index is 1500. The molecule has 3 N–H and O–H groups in total. The number of hydrogen-bond acceptors (Lipinski definition) is 6. The summed E-state index contributed by atoms with van der Waals surface area (Å²) in [6.07, 6.45) is 5.84. The van der Waals surface area contributed by atoms with Crippen LogP contribution in [0.2, 0.25) is 0 Å². The lowest BCUT2D eigenvalue weighted by Gasteiger charge is -2.18. The van der Waals surface area contributed by atoms with Gasteiger partial charge in [-0.15, -0.1) is 0 Å². The third-order valence-electron chi connectivity index (χ3n) is 7.02. The number of aryl methyl sites for hydroxylation is 1. The van der Waals surface area contributed by atoms with Gasteiger partial charge in [0.1, 0.15) is 5.69 Å². The normalized spacial score (nSPS) is 13.5. The highest BCUT2D eigenvalue weighted by Gasteiger charge is 2.51. The number of phenolic OH excluding ortho intramolecular Hbond substituents is 2. The number of amides is 2. The van der Waals surface area contributed by atoms with Gasteiger partial charge in [0.2, 0.25) is 5.91 Å². The van der Waals surface area contributed by atoms with Crippen molar-refractivity contribution >= 4 is 17.5 Å². The molecule has 3 aromatic carbocycles. The molecular weight excluding hydrogens is 480 g/mol. The van der Waals surface area contributed by atoms with Crippen LogP contribution in [0.15, 0.2) is 79.3 Å². The van der Waals surface area contributed by atoms with Crippen molar-refractivity contribution in [1.82, 2.24) is 14.9 Å². The second-order valence-corrected chi connectivity index (χ2v) is 9.72. The fourth-order valence-electron chi connectivity index (χ4n) is 4.59. The number of anilines is 1. The summed E-state index contributed by atoms with van der Waals surface area (Å²) in [6, 6.07) is 18.3. The van der Waals surface area contributed by atoms with Gasteiger partial charge in [0.25, 0.3) is 5.91 Å². The molecule has 38 heavy (non-hydrogen) atoms. The maximum absolute atomic E-state index is 13.2. The number of benzene rings is 3. The molecule has 1 saturated carbocycles. The van der Waals surface area contributed by atoms with E-state index in [9.17, 15) is 19.8 Å². The molecule has 1 heterocycles. The summed E-state index contributed by atoms with van der Waals surface area (Å²) in [4.78, 5) is 35.4. The maximum atomic E-state index is 13.2. The van der Waals surface area contributed by atoms with Crippen molar-refractivity contribution in [3.8, 4) is 22.6 Å². The van der Waals surface area contributed by atoms with E-state index in [-0.39, 0.29) is 23.3 Å². The van der Waals surface area contributed by atoms with E-state index in [0.717, 1.165) is 22.3 Å². The van der Waals surface area contributed by atoms with Crippen molar-refractivity contribution in [2.75, 3.05) is 12.4 Å². The van der Waals surface area contributed by atoms with Gasteiger partial charge in [-0.25, -0.2) is 4.98 Å². The first-order valence-electron chi connectivity index (χ1n) is 12.3. The topological polar surface area (TPSA) is 116 Å². The Balaban J connectivity index is 1.30. The third-order valence-corrected chi connectivity index (χ3v) is 7.02. The number of carbonyl (C=O) groups is 2. The van der Waals surface area contributed by atoms with E-state index >= 15 is 0 Å². The summed E-state index contributed by atoms with van der Waals surface area (Å²) >= 11 is 0. The first-order valence-corrected chi connectivity index (χ1v) is 12.3. The Labute approximate surface area is 220 Å². The number of phenols is 2. The van der Waals surface area contributed by atoms with Crippen molar-refractivity contribution in [2.24, 2.45) is 0 Å².